The molecule has 0 unspecified atom stereocenters. The topological polar surface area (TPSA) is 85.1 Å². The lowest BCUT2D eigenvalue weighted by Gasteiger charge is -1.95. The number of nitrogens with zero attached hydrogens (tertiary/aromatic N) is 5. The minimum absolute atomic E-state index is 0.0755. The van der Waals surface area contributed by atoms with Crippen molar-refractivity contribution in [2.24, 2.45) is 0 Å². The Morgan fingerprint density at radius 3 is 2.83 bits per heavy atom. The number of nitrogens with one attached hydrogen (secondary N) is 1. The zero-order chi connectivity index (χ0) is 16.8. The predicted octanol–water partition coefficient (Wildman–Crippen LogP) is 2.57. The summed E-state index contributed by atoms with van der Waals surface area (Å²) in [6.45, 7) is 1.81. The maximum atomic E-state index is 13.2. The predicted molar refractivity (Wildman–Crippen MR) is 83.0 cm³/mol. The first-order chi connectivity index (χ1) is 11.5. The van der Waals surface area contributed by atoms with Gasteiger partial charge >= 0.3 is 0 Å². The van der Waals surface area contributed by atoms with Gasteiger partial charge in [-0.05, 0) is 19.1 Å². The molecule has 10 heteroatoms. The lowest BCUT2D eigenvalue weighted by atomic mass is 10.3. The van der Waals surface area contributed by atoms with Crippen LogP contribution in [0.2, 0.25) is 0 Å². The molecule has 0 saturated carbocycles. The monoisotopic (exact) mass is 346 g/mol. The summed E-state index contributed by atoms with van der Waals surface area (Å²) in [7, 11) is 0. The third kappa shape index (κ3) is 2.36. The molecule has 0 aliphatic rings. The summed E-state index contributed by atoms with van der Waals surface area (Å²) in [5.74, 6) is -2.32. The fraction of sp³-hybridized carbons (Fsp3) is 0.0714. The Kier molecular flexibility index (Phi) is 3.20. The smallest absolute Gasteiger partial charge is 0.295 e. The summed E-state index contributed by atoms with van der Waals surface area (Å²) < 4.78 is 28.3. The number of carbonyl (C=O) groups excluding carboxylic acids is 1. The number of anilines is 1. The molecule has 0 fully saturated rings. The van der Waals surface area contributed by atoms with E-state index < -0.39 is 17.5 Å². The SMILES string of the molecule is Cc1ccnc2nc(C(=O)Nc3nc4cc(F)c(F)cc4s3)nn12. The van der Waals surface area contributed by atoms with Gasteiger partial charge in [-0.3, -0.25) is 10.1 Å². The molecule has 4 rings (SSSR count). The van der Waals surface area contributed by atoms with Crippen LogP contribution in [0.25, 0.3) is 16.0 Å². The van der Waals surface area contributed by atoms with Gasteiger partial charge in [0, 0.05) is 18.0 Å². The summed E-state index contributed by atoms with van der Waals surface area (Å²) in [4.78, 5) is 24.4. The van der Waals surface area contributed by atoms with Crippen LogP contribution in [0, 0.1) is 18.6 Å². The van der Waals surface area contributed by atoms with Gasteiger partial charge in [0.1, 0.15) is 0 Å². The summed E-state index contributed by atoms with van der Waals surface area (Å²) >= 11 is 1.03. The summed E-state index contributed by atoms with van der Waals surface area (Å²) in [6, 6.07) is 3.75. The number of fused-ring (bicyclic) bond motifs is 2. The molecule has 7 nitrogen and oxygen atoms in total. The Morgan fingerprint density at radius 2 is 2.04 bits per heavy atom. The molecule has 0 spiro atoms. The Bertz CT molecular complexity index is 1070. The van der Waals surface area contributed by atoms with E-state index in [4.69, 9.17) is 0 Å². The molecule has 4 aromatic rings. The van der Waals surface area contributed by atoms with Gasteiger partial charge in [-0.25, -0.2) is 23.3 Å². The van der Waals surface area contributed by atoms with Crippen molar-refractivity contribution in [2.45, 2.75) is 6.92 Å². The van der Waals surface area contributed by atoms with Gasteiger partial charge in [-0.15, -0.1) is 5.10 Å². The largest absolute Gasteiger partial charge is 0.297 e. The lowest BCUT2D eigenvalue weighted by molar-refractivity contribution is 0.101. The number of amides is 1. The van der Waals surface area contributed by atoms with Crippen molar-refractivity contribution in [1.29, 1.82) is 0 Å². The van der Waals surface area contributed by atoms with Crippen molar-refractivity contribution in [3.63, 3.8) is 0 Å². The Hall–Kier alpha value is -3.01. The molecule has 1 aromatic carbocycles. The molecule has 1 N–H and O–H groups in total. The van der Waals surface area contributed by atoms with Crippen LogP contribution in [0.3, 0.4) is 0 Å². The Morgan fingerprint density at radius 1 is 1.25 bits per heavy atom. The summed E-state index contributed by atoms with van der Waals surface area (Å²) in [5.41, 5.74) is 1.03. The van der Waals surface area contributed by atoms with Gasteiger partial charge in [0.25, 0.3) is 11.7 Å². The van der Waals surface area contributed by atoms with Crippen molar-refractivity contribution < 1.29 is 13.6 Å². The van der Waals surface area contributed by atoms with E-state index in [0.29, 0.717) is 10.5 Å². The highest BCUT2D eigenvalue weighted by atomic mass is 32.1. The Labute approximate surface area is 137 Å². The van der Waals surface area contributed by atoms with Crippen LogP contribution in [0.4, 0.5) is 13.9 Å². The van der Waals surface area contributed by atoms with Crippen molar-refractivity contribution >= 4 is 38.4 Å². The first kappa shape index (κ1) is 14.6. The van der Waals surface area contributed by atoms with Crippen LogP contribution >= 0.6 is 11.3 Å². The van der Waals surface area contributed by atoms with Gasteiger partial charge in [0.15, 0.2) is 16.8 Å². The molecule has 0 aliphatic carbocycles. The van der Waals surface area contributed by atoms with Crippen LogP contribution in [-0.2, 0) is 0 Å². The number of rotatable bonds is 2. The molecule has 1 amide bonds. The first-order valence-corrected chi connectivity index (χ1v) is 7.58. The molecule has 0 atom stereocenters. The minimum Gasteiger partial charge on any atom is -0.295 e. The molecule has 0 saturated heterocycles. The van der Waals surface area contributed by atoms with Crippen molar-refractivity contribution in [3.05, 3.63) is 47.5 Å². The quantitative estimate of drug-likeness (QED) is 0.603. The number of benzene rings is 1. The van der Waals surface area contributed by atoms with Crippen LogP contribution in [0.15, 0.2) is 24.4 Å². The van der Waals surface area contributed by atoms with Crippen molar-refractivity contribution in [2.75, 3.05) is 5.32 Å². The van der Waals surface area contributed by atoms with Crippen LogP contribution in [0.1, 0.15) is 16.3 Å². The first-order valence-electron chi connectivity index (χ1n) is 6.76. The molecule has 0 bridgehead atoms. The molecule has 24 heavy (non-hydrogen) atoms. The number of halogens is 2. The van der Waals surface area contributed by atoms with E-state index in [0.717, 1.165) is 29.2 Å². The normalized spacial score (nSPS) is 11.3. The van der Waals surface area contributed by atoms with E-state index in [1.165, 1.54) is 4.52 Å². The fourth-order valence-electron chi connectivity index (χ4n) is 2.13. The van der Waals surface area contributed by atoms with Crippen LogP contribution in [0.5, 0.6) is 0 Å². The molecular weight excluding hydrogens is 338 g/mol. The molecule has 3 aromatic heterocycles. The van der Waals surface area contributed by atoms with Crippen LogP contribution < -0.4 is 5.32 Å². The Balaban J connectivity index is 1.66. The van der Waals surface area contributed by atoms with Gasteiger partial charge < -0.3 is 0 Å². The van der Waals surface area contributed by atoms with Gasteiger partial charge in [0.05, 0.1) is 10.2 Å². The number of aryl methyl sites for hydroxylation is 1. The maximum Gasteiger partial charge on any atom is 0.297 e. The molecular formula is C14H8F2N6OS. The second-order valence-corrected chi connectivity index (χ2v) is 5.97. The lowest BCUT2D eigenvalue weighted by Crippen LogP contribution is -2.13. The van der Waals surface area contributed by atoms with E-state index in [2.05, 4.69) is 25.4 Å². The van der Waals surface area contributed by atoms with Crippen molar-refractivity contribution in [1.82, 2.24) is 24.6 Å². The standard InChI is InChI=1S/C14H8F2N6OS/c1-6-2-3-17-13-19-11(21-22(6)13)12(23)20-14-18-9-4-7(15)8(16)5-10(9)24-14/h2-5H,1H3,(H,18,20,23). The van der Waals surface area contributed by atoms with Crippen molar-refractivity contribution in [3.8, 4) is 0 Å². The molecule has 120 valence electrons. The van der Waals surface area contributed by atoms with Gasteiger partial charge in [-0.2, -0.15) is 4.98 Å². The molecule has 3 heterocycles. The molecule has 0 radical (unpaired) electrons. The molecule has 0 aliphatic heterocycles. The van der Waals surface area contributed by atoms with E-state index in [1.54, 1.807) is 12.3 Å². The van der Waals surface area contributed by atoms with E-state index in [-0.39, 0.29) is 16.5 Å². The van der Waals surface area contributed by atoms with E-state index in [9.17, 15) is 13.6 Å². The highest BCUT2D eigenvalue weighted by molar-refractivity contribution is 7.22. The number of aromatic nitrogens is 5. The third-order valence-electron chi connectivity index (χ3n) is 3.28. The van der Waals surface area contributed by atoms with Gasteiger partial charge in [-0.1, -0.05) is 11.3 Å². The maximum absolute atomic E-state index is 13.2. The minimum atomic E-state index is -0.991. The average Bonchev–Trinajstić information content (AvgIpc) is 3.12. The third-order valence-corrected chi connectivity index (χ3v) is 4.22. The second-order valence-electron chi connectivity index (χ2n) is 4.94. The zero-order valence-electron chi connectivity index (χ0n) is 12.1. The highest BCUT2D eigenvalue weighted by Crippen LogP contribution is 2.28. The zero-order valence-corrected chi connectivity index (χ0v) is 12.9. The van der Waals surface area contributed by atoms with E-state index in [1.807, 2.05) is 6.92 Å². The number of carbonyl (C=O) groups is 1. The number of thiazole rings is 1. The average molecular weight is 346 g/mol. The van der Waals surface area contributed by atoms with Crippen LogP contribution in [-0.4, -0.2) is 30.5 Å². The fourth-order valence-corrected chi connectivity index (χ4v) is 3.00. The highest BCUT2D eigenvalue weighted by Gasteiger charge is 2.17. The summed E-state index contributed by atoms with van der Waals surface area (Å²) in [6.07, 6.45) is 1.57. The summed E-state index contributed by atoms with van der Waals surface area (Å²) in [5, 5.41) is 6.80. The number of hydrogen-bond acceptors (Lipinski definition) is 6. The van der Waals surface area contributed by atoms with E-state index >= 15 is 0 Å². The second kappa shape index (κ2) is 5.27. The number of hydrogen-bond donors (Lipinski definition) is 1. The van der Waals surface area contributed by atoms with Gasteiger partial charge in [0.2, 0.25) is 5.82 Å².